The average molecular weight is 375 g/mol. The summed E-state index contributed by atoms with van der Waals surface area (Å²) in [4.78, 5) is 0. The fourth-order valence-corrected chi connectivity index (χ4v) is 7.76. The van der Waals surface area contributed by atoms with E-state index in [0.717, 1.165) is 6.42 Å². The molecule has 0 saturated carbocycles. The largest absolute Gasteiger partial charge is 0.319 e. The van der Waals surface area contributed by atoms with E-state index in [4.69, 9.17) is 15.8 Å². The second kappa shape index (κ2) is 10.2. The molecule has 0 spiro atoms. The highest BCUT2D eigenvalue weighted by molar-refractivity contribution is 7.72. The molecule has 0 fully saturated rings. The highest BCUT2D eigenvalue weighted by Gasteiger charge is 2.27. The van der Waals surface area contributed by atoms with Crippen LogP contribution in [0.15, 0.2) is 24.3 Å². The molecular formula is C18H23N3O2P2. The zero-order valence-electron chi connectivity index (χ0n) is 14.5. The Hall–Kier alpha value is -1.85. The summed E-state index contributed by atoms with van der Waals surface area (Å²) in [7, 11) is -5.42. The first kappa shape index (κ1) is 21.2. The minimum atomic E-state index is -2.80. The maximum Gasteiger partial charge on any atom is 0.117 e. The number of nitrogens with zero attached hydrogens (tertiary/aromatic N) is 3. The van der Waals surface area contributed by atoms with Crippen LogP contribution >= 0.6 is 14.3 Å². The van der Waals surface area contributed by atoms with Gasteiger partial charge in [0.25, 0.3) is 0 Å². The van der Waals surface area contributed by atoms with E-state index in [1.807, 2.05) is 19.1 Å². The Labute approximate surface area is 150 Å². The van der Waals surface area contributed by atoms with Crippen molar-refractivity contribution in [3.05, 3.63) is 24.3 Å². The smallest absolute Gasteiger partial charge is 0.117 e. The Morgan fingerprint density at radius 2 is 1.04 bits per heavy atom. The Kier molecular flexibility index (Phi) is 8.66. The molecule has 1 unspecified atom stereocenters. The molecule has 1 rings (SSSR count). The molecule has 1 aromatic carbocycles. The Morgan fingerprint density at radius 3 is 1.32 bits per heavy atom. The first-order valence-corrected chi connectivity index (χ1v) is 12.5. The topological polar surface area (TPSA) is 106 Å². The van der Waals surface area contributed by atoms with Crippen LogP contribution in [0, 0.1) is 34.0 Å². The van der Waals surface area contributed by atoms with Crippen LogP contribution in [-0.4, -0.2) is 24.6 Å². The van der Waals surface area contributed by atoms with Crippen LogP contribution in [0.5, 0.6) is 0 Å². The maximum atomic E-state index is 13.2. The van der Waals surface area contributed by atoms with Crippen molar-refractivity contribution in [3.8, 4) is 18.2 Å². The van der Waals surface area contributed by atoms with Gasteiger partial charge in [0.05, 0.1) is 18.2 Å². The Bertz CT molecular complexity index is 761. The lowest BCUT2D eigenvalue weighted by molar-refractivity contribution is 0.579. The molecule has 0 amide bonds. The van der Waals surface area contributed by atoms with E-state index in [-0.39, 0.29) is 31.6 Å². The molecule has 25 heavy (non-hydrogen) atoms. The lowest BCUT2D eigenvalue weighted by atomic mass is 10.4. The van der Waals surface area contributed by atoms with Crippen molar-refractivity contribution in [3.63, 3.8) is 0 Å². The molecule has 5 nitrogen and oxygen atoms in total. The molecule has 0 aromatic heterocycles. The number of rotatable bonds is 10. The summed E-state index contributed by atoms with van der Waals surface area (Å²) in [6.07, 6.45) is 2.81. The molecule has 0 aliphatic heterocycles. The normalized spacial score (nSPS) is 13.2. The van der Waals surface area contributed by atoms with Crippen LogP contribution in [0.4, 0.5) is 0 Å². The SMILES string of the molecule is CCCP(=O)(CCC#N)c1ccc(P(=O)(CCC#N)CCC#N)cc1. The summed E-state index contributed by atoms with van der Waals surface area (Å²) < 4.78 is 26.3. The van der Waals surface area contributed by atoms with E-state index in [9.17, 15) is 9.13 Å². The van der Waals surface area contributed by atoms with Crippen molar-refractivity contribution in [2.45, 2.75) is 32.6 Å². The molecule has 0 radical (unpaired) electrons. The molecule has 132 valence electrons. The van der Waals surface area contributed by atoms with Gasteiger partial charge in [-0.05, 0) is 6.42 Å². The summed E-state index contributed by atoms with van der Waals surface area (Å²) in [6.45, 7) is 1.96. The van der Waals surface area contributed by atoms with Crippen LogP contribution in [0.25, 0.3) is 0 Å². The third-order valence-electron chi connectivity index (χ3n) is 4.13. The number of benzene rings is 1. The molecule has 1 atom stereocenters. The van der Waals surface area contributed by atoms with Crippen LogP contribution in [-0.2, 0) is 9.13 Å². The molecule has 0 aliphatic carbocycles. The summed E-state index contributed by atoms with van der Waals surface area (Å²) in [6, 6.07) is 13.0. The average Bonchev–Trinajstić information content (AvgIpc) is 2.63. The zero-order chi connectivity index (χ0) is 18.8. The lowest BCUT2D eigenvalue weighted by Gasteiger charge is -2.20. The minimum absolute atomic E-state index is 0.182. The van der Waals surface area contributed by atoms with E-state index in [1.54, 1.807) is 24.3 Å². The van der Waals surface area contributed by atoms with E-state index in [2.05, 4.69) is 6.07 Å². The third kappa shape index (κ3) is 5.87. The van der Waals surface area contributed by atoms with E-state index >= 15 is 0 Å². The van der Waals surface area contributed by atoms with Crippen LogP contribution < -0.4 is 10.6 Å². The highest BCUT2D eigenvalue weighted by Crippen LogP contribution is 2.48. The highest BCUT2D eigenvalue weighted by atomic mass is 31.2. The lowest BCUT2D eigenvalue weighted by Crippen LogP contribution is -2.16. The van der Waals surface area contributed by atoms with Crippen molar-refractivity contribution < 1.29 is 9.13 Å². The van der Waals surface area contributed by atoms with Gasteiger partial charge >= 0.3 is 0 Å². The molecular weight excluding hydrogens is 352 g/mol. The van der Waals surface area contributed by atoms with Gasteiger partial charge in [0.2, 0.25) is 0 Å². The van der Waals surface area contributed by atoms with Gasteiger partial charge in [0.1, 0.15) is 14.3 Å². The molecule has 0 heterocycles. The van der Waals surface area contributed by atoms with Crippen LogP contribution in [0.3, 0.4) is 0 Å². The van der Waals surface area contributed by atoms with Crippen molar-refractivity contribution in [2.24, 2.45) is 0 Å². The second-order valence-corrected chi connectivity index (χ2v) is 12.3. The predicted octanol–water partition coefficient (Wildman–Crippen LogP) is 3.81. The molecule has 0 bridgehead atoms. The first-order valence-electron chi connectivity index (χ1n) is 8.34. The Morgan fingerprint density at radius 1 is 0.720 bits per heavy atom. The summed E-state index contributed by atoms with van der Waals surface area (Å²) in [5.41, 5.74) is 0. The fraction of sp³-hybridized carbons (Fsp3) is 0.500. The quantitative estimate of drug-likeness (QED) is 0.578. The van der Waals surface area contributed by atoms with E-state index in [1.165, 1.54) is 0 Å². The maximum absolute atomic E-state index is 13.2. The van der Waals surface area contributed by atoms with Crippen LogP contribution in [0.1, 0.15) is 32.6 Å². The van der Waals surface area contributed by atoms with Crippen molar-refractivity contribution in [1.82, 2.24) is 0 Å². The Balaban J connectivity index is 3.15. The van der Waals surface area contributed by atoms with E-state index in [0.29, 0.717) is 22.9 Å². The van der Waals surface area contributed by atoms with Crippen molar-refractivity contribution >= 4 is 24.9 Å². The monoisotopic (exact) mass is 375 g/mol. The van der Waals surface area contributed by atoms with Crippen LogP contribution in [0.2, 0.25) is 0 Å². The van der Waals surface area contributed by atoms with Crippen molar-refractivity contribution in [1.29, 1.82) is 15.8 Å². The summed E-state index contributed by atoms with van der Waals surface area (Å²) in [5.74, 6) is 0. The van der Waals surface area contributed by atoms with Gasteiger partial charge in [-0.3, -0.25) is 0 Å². The minimum Gasteiger partial charge on any atom is -0.319 e. The number of nitriles is 3. The fourth-order valence-electron chi connectivity index (χ4n) is 2.79. The summed E-state index contributed by atoms with van der Waals surface area (Å²) >= 11 is 0. The summed E-state index contributed by atoms with van der Waals surface area (Å²) in [5, 5.41) is 27.7. The molecule has 0 saturated heterocycles. The van der Waals surface area contributed by atoms with Gasteiger partial charge in [-0.1, -0.05) is 31.2 Å². The van der Waals surface area contributed by atoms with Gasteiger partial charge in [-0.15, -0.1) is 0 Å². The van der Waals surface area contributed by atoms with Gasteiger partial charge < -0.3 is 9.13 Å². The molecule has 7 heteroatoms. The van der Waals surface area contributed by atoms with Gasteiger partial charge in [0, 0.05) is 54.5 Å². The molecule has 1 aromatic rings. The predicted molar refractivity (Wildman–Crippen MR) is 101 cm³/mol. The zero-order valence-corrected chi connectivity index (χ0v) is 16.3. The number of hydrogen-bond donors (Lipinski definition) is 0. The van der Waals surface area contributed by atoms with E-state index < -0.39 is 14.3 Å². The number of hydrogen-bond acceptors (Lipinski definition) is 5. The third-order valence-corrected chi connectivity index (χ3v) is 10.6. The second-order valence-electron chi connectivity index (χ2n) is 5.91. The van der Waals surface area contributed by atoms with Gasteiger partial charge in [-0.2, -0.15) is 15.8 Å². The molecule has 0 N–H and O–H groups in total. The van der Waals surface area contributed by atoms with Gasteiger partial charge in [-0.25, -0.2) is 0 Å². The van der Waals surface area contributed by atoms with Crippen molar-refractivity contribution in [2.75, 3.05) is 24.6 Å². The van der Waals surface area contributed by atoms with Gasteiger partial charge in [0.15, 0.2) is 0 Å². The standard InChI is InChI=1S/C18H23N3O2P2/c1-2-13-24(22,14-3-10-19)17-6-8-18(9-7-17)25(23,15-4-11-20)16-5-12-21/h6-9H,2-5,13-16H2,1H3. The first-order chi connectivity index (χ1) is 12.0. The molecule has 0 aliphatic rings.